The Kier molecular flexibility index (Phi) is 4.25. The average Bonchev–Trinajstić information content (AvgIpc) is 2.73. The standard InChI is InChI=1S/C23H32O4/c1-22(2)8-5-9-23(3)14-10-13(6-7-18(22)23)19-15(11-14)20(25)17(24)12-16(19)21(26)27-4/h12-14,18,24-25H,5-11H2,1-4H3/t13-,14?,18?,23+/m0/s1. The van der Waals surface area contributed by atoms with E-state index in [9.17, 15) is 15.0 Å². The summed E-state index contributed by atoms with van der Waals surface area (Å²) in [5.41, 5.74) is 2.71. The lowest BCUT2D eigenvalue weighted by Crippen LogP contribution is -2.46. The van der Waals surface area contributed by atoms with Crippen molar-refractivity contribution in [3.05, 3.63) is 22.8 Å². The van der Waals surface area contributed by atoms with E-state index >= 15 is 0 Å². The van der Waals surface area contributed by atoms with Gasteiger partial charge in [-0.3, -0.25) is 0 Å². The van der Waals surface area contributed by atoms with E-state index in [0.29, 0.717) is 22.8 Å². The van der Waals surface area contributed by atoms with E-state index in [0.717, 1.165) is 36.8 Å². The van der Waals surface area contributed by atoms with Crippen LogP contribution in [0.4, 0.5) is 0 Å². The number of esters is 1. The molecule has 148 valence electrons. The predicted octanol–water partition coefficient (Wildman–Crippen LogP) is 5.16. The van der Waals surface area contributed by atoms with Gasteiger partial charge >= 0.3 is 5.97 Å². The van der Waals surface area contributed by atoms with Crippen LogP contribution in [0.3, 0.4) is 0 Å². The maximum atomic E-state index is 12.4. The van der Waals surface area contributed by atoms with Gasteiger partial charge in [-0.2, -0.15) is 0 Å². The molecular weight excluding hydrogens is 340 g/mol. The van der Waals surface area contributed by atoms with Gasteiger partial charge < -0.3 is 14.9 Å². The number of phenolic OH excluding ortho intramolecular Hbond substituents is 2. The Labute approximate surface area is 161 Å². The highest BCUT2D eigenvalue weighted by molar-refractivity contribution is 5.93. The molecule has 2 bridgehead atoms. The number of rotatable bonds is 1. The number of fused-ring (bicyclic) bond motifs is 6. The third-order valence-electron chi connectivity index (χ3n) is 8.27. The van der Waals surface area contributed by atoms with E-state index in [1.807, 2.05) is 0 Å². The molecular formula is C23H32O4. The molecule has 4 atom stereocenters. The molecule has 27 heavy (non-hydrogen) atoms. The van der Waals surface area contributed by atoms with Crippen molar-refractivity contribution in [3.8, 4) is 11.5 Å². The van der Waals surface area contributed by atoms with Crippen LogP contribution >= 0.6 is 0 Å². The van der Waals surface area contributed by atoms with Gasteiger partial charge in [0.25, 0.3) is 0 Å². The van der Waals surface area contributed by atoms with Crippen molar-refractivity contribution in [3.63, 3.8) is 0 Å². The van der Waals surface area contributed by atoms with Crippen LogP contribution in [0.25, 0.3) is 0 Å². The molecule has 4 rings (SSSR count). The second-order valence-corrected chi connectivity index (χ2v) is 9.99. The van der Waals surface area contributed by atoms with Crippen LogP contribution in [0.2, 0.25) is 0 Å². The minimum atomic E-state index is -0.423. The molecule has 0 aromatic heterocycles. The largest absolute Gasteiger partial charge is 0.504 e. The first-order valence-corrected chi connectivity index (χ1v) is 10.3. The molecule has 2 fully saturated rings. The highest BCUT2D eigenvalue weighted by atomic mass is 16.5. The SMILES string of the molecule is COC(=O)c1cc(O)c(O)c2c1[C@H]1CCC3C(C)(C)CCC[C@]3(C)C(C2)C1. The van der Waals surface area contributed by atoms with Crippen molar-refractivity contribution in [2.75, 3.05) is 7.11 Å². The fourth-order valence-electron chi connectivity index (χ4n) is 6.98. The smallest absolute Gasteiger partial charge is 0.338 e. The highest BCUT2D eigenvalue weighted by Crippen LogP contribution is 2.63. The quantitative estimate of drug-likeness (QED) is 0.528. The molecule has 1 aromatic carbocycles. The average molecular weight is 373 g/mol. The number of ether oxygens (including phenoxy) is 1. The maximum absolute atomic E-state index is 12.4. The van der Waals surface area contributed by atoms with E-state index in [4.69, 9.17) is 4.74 Å². The fourth-order valence-corrected chi connectivity index (χ4v) is 6.98. The third kappa shape index (κ3) is 2.67. The van der Waals surface area contributed by atoms with Gasteiger partial charge in [0.05, 0.1) is 12.7 Å². The van der Waals surface area contributed by atoms with Gasteiger partial charge in [-0.05, 0) is 78.7 Å². The van der Waals surface area contributed by atoms with E-state index in [-0.39, 0.29) is 22.8 Å². The number of phenols is 2. The summed E-state index contributed by atoms with van der Waals surface area (Å²) < 4.78 is 4.98. The van der Waals surface area contributed by atoms with Gasteiger partial charge in [0.15, 0.2) is 11.5 Å². The molecule has 2 N–H and O–H groups in total. The van der Waals surface area contributed by atoms with Gasteiger partial charge in [-0.15, -0.1) is 0 Å². The molecule has 4 nitrogen and oxygen atoms in total. The van der Waals surface area contributed by atoms with E-state index < -0.39 is 5.97 Å². The predicted molar refractivity (Wildman–Crippen MR) is 104 cm³/mol. The lowest BCUT2D eigenvalue weighted by atomic mass is 9.51. The third-order valence-corrected chi connectivity index (χ3v) is 8.27. The van der Waals surface area contributed by atoms with Gasteiger partial charge in [-0.25, -0.2) is 4.79 Å². The second kappa shape index (κ2) is 6.15. The zero-order valence-electron chi connectivity index (χ0n) is 17.0. The number of benzene rings is 1. The number of hydrogen-bond acceptors (Lipinski definition) is 4. The van der Waals surface area contributed by atoms with Crippen molar-refractivity contribution in [1.29, 1.82) is 0 Å². The normalized spacial score (nSPS) is 34.1. The topological polar surface area (TPSA) is 66.8 Å². The second-order valence-electron chi connectivity index (χ2n) is 9.99. The lowest BCUT2D eigenvalue weighted by Gasteiger charge is -2.54. The molecule has 0 heterocycles. The van der Waals surface area contributed by atoms with Crippen LogP contribution in [0.15, 0.2) is 6.07 Å². The summed E-state index contributed by atoms with van der Waals surface area (Å²) >= 11 is 0. The van der Waals surface area contributed by atoms with Crippen molar-refractivity contribution in [1.82, 2.24) is 0 Å². The zero-order chi connectivity index (χ0) is 19.6. The Morgan fingerprint density at radius 3 is 2.63 bits per heavy atom. The van der Waals surface area contributed by atoms with E-state index in [1.165, 1.54) is 32.4 Å². The van der Waals surface area contributed by atoms with Gasteiger partial charge in [0.2, 0.25) is 0 Å². The molecule has 4 heteroatoms. The molecule has 2 saturated carbocycles. The minimum Gasteiger partial charge on any atom is -0.504 e. The Morgan fingerprint density at radius 2 is 1.93 bits per heavy atom. The first-order chi connectivity index (χ1) is 12.7. The summed E-state index contributed by atoms with van der Waals surface area (Å²) in [5, 5.41) is 20.9. The van der Waals surface area contributed by atoms with Crippen LogP contribution in [-0.2, 0) is 11.2 Å². The summed E-state index contributed by atoms with van der Waals surface area (Å²) in [6, 6.07) is 1.39. The Balaban J connectivity index is 1.85. The highest BCUT2D eigenvalue weighted by Gasteiger charge is 2.54. The molecule has 0 saturated heterocycles. The molecule has 0 amide bonds. The van der Waals surface area contributed by atoms with Gasteiger partial charge in [-0.1, -0.05) is 27.2 Å². The van der Waals surface area contributed by atoms with Crippen LogP contribution in [-0.4, -0.2) is 23.3 Å². The summed E-state index contributed by atoms with van der Waals surface area (Å²) in [7, 11) is 1.37. The van der Waals surface area contributed by atoms with Crippen molar-refractivity contribution < 1.29 is 19.7 Å². The number of hydrogen-bond donors (Lipinski definition) is 2. The van der Waals surface area contributed by atoms with Gasteiger partial charge in [0, 0.05) is 5.56 Å². The number of aromatic hydroxyl groups is 2. The van der Waals surface area contributed by atoms with Crippen LogP contribution < -0.4 is 0 Å². The monoisotopic (exact) mass is 372 g/mol. The lowest BCUT2D eigenvalue weighted by molar-refractivity contribution is -0.0402. The Bertz CT molecular complexity index is 781. The summed E-state index contributed by atoms with van der Waals surface area (Å²) in [6.45, 7) is 7.29. The molecule has 0 spiro atoms. The maximum Gasteiger partial charge on any atom is 0.338 e. The Hall–Kier alpha value is -1.71. The minimum absolute atomic E-state index is 0.0375. The van der Waals surface area contributed by atoms with Gasteiger partial charge in [0.1, 0.15) is 0 Å². The molecule has 3 aliphatic rings. The fraction of sp³-hybridized carbons (Fsp3) is 0.696. The molecule has 3 aliphatic carbocycles. The first-order valence-electron chi connectivity index (χ1n) is 10.3. The zero-order valence-corrected chi connectivity index (χ0v) is 17.0. The summed E-state index contributed by atoms with van der Waals surface area (Å²) in [4.78, 5) is 12.4. The number of carbonyl (C=O) groups is 1. The molecule has 2 unspecified atom stereocenters. The molecule has 0 aliphatic heterocycles. The Morgan fingerprint density at radius 1 is 1.19 bits per heavy atom. The number of methoxy groups -OCH3 is 1. The summed E-state index contributed by atoms with van der Waals surface area (Å²) in [5.74, 6) is 0.703. The molecule has 1 aromatic rings. The number of carbonyl (C=O) groups excluding carboxylic acids is 1. The van der Waals surface area contributed by atoms with Crippen molar-refractivity contribution >= 4 is 5.97 Å². The van der Waals surface area contributed by atoms with Crippen LogP contribution in [0.1, 0.15) is 86.7 Å². The molecule has 0 radical (unpaired) electrons. The van der Waals surface area contributed by atoms with E-state index in [2.05, 4.69) is 20.8 Å². The van der Waals surface area contributed by atoms with Crippen molar-refractivity contribution in [2.24, 2.45) is 22.7 Å². The van der Waals surface area contributed by atoms with Crippen LogP contribution in [0.5, 0.6) is 11.5 Å². The van der Waals surface area contributed by atoms with Crippen LogP contribution in [0, 0.1) is 22.7 Å². The summed E-state index contributed by atoms with van der Waals surface area (Å²) in [6.07, 6.45) is 7.75. The van der Waals surface area contributed by atoms with E-state index in [1.54, 1.807) is 0 Å². The van der Waals surface area contributed by atoms with Crippen molar-refractivity contribution in [2.45, 2.75) is 71.6 Å². The first kappa shape index (κ1) is 18.6.